The van der Waals surface area contributed by atoms with Crippen molar-refractivity contribution in [2.45, 2.75) is 40.0 Å². The lowest BCUT2D eigenvalue weighted by Crippen LogP contribution is -2.12. The van der Waals surface area contributed by atoms with Crippen molar-refractivity contribution < 1.29 is 0 Å². The van der Waals surface area contributed by atoms with Crippen LogP contribution < -0.4 is 10.6 Å². The number of hydrogen-bond donors (Lipinski definition) is 2. The zero-order valence-electron chi connectivity index (χ0n) is 12.9. The maximum atomic E-state index is 4.48. The summed E-state index contributed by atoms with van der Waals surface area (Å²) in [4.78, 5) is 13.2. The Morgan fingerprint density at radius 2 is 1.86 bits per heavy atom. The summed E-state index contributed by atoms with van der Waals surface area (Å²) in [5.41, 5.74) is 2.32. The van der Waals surface area contributed by atoms with Gasteiger partial charge in [0.2, 0.25) is 0 Å². The largest absolute Gasteiger partial charge is 0.370 e. The molecule has 2 rings (SSSR count). The summed E-state index contributed by atoms with van der Waals surface area (Å²) in [6, 6.07) is 0. The van der Waals surface area contributed by atoms with Gasteiger partial charge in [0.1, 0.15) is 18.0 Å². The fourth-order valence-electron chi connectivity index (χ4n) is 2.20. The van der Waals surface area contributed by atoms with Crippen molar-refractivity contribution in [2.75, 3.05) is 23.7 Å². The van der Waals surface area contributed by atoms with Gasteiger partial charge in [0, 0.05) is 30.5 Å². The second kappa shape index (κ2) is 7.93. The van der Waals surface area contributed by atoms with Crippen molar-refractivity contribution in [2.24, 2.45) is 0 Å². The van der Waals surface area contributed by atoms with Crippen molar-refractivity contribution in [3.8, 4) is 0 Å². The number of aromatic nitrogens is 3. The molecule has 0 saturated heterocycles. The molecule has 2 heterocycles. The van der Waals surface area contributed by atoms with Crippen molar-refractivity contribution in [3.63, 3.8) is 0 Å². The molecule has 2 aromatic heterocycles. The van der Waals surface area contributed by atoms with Crippen LogP contribution in [-0.2, 0) is 12.8 Å². The van der Waals surface area contributed by atoms with E-state index in [9.17, 15) is 0 Å². The molecule has 5 nitrogen and oxygen atoms in total. The molecule has 0 aliphatic heterocycles. The zero-order chi connectivity index (χ0) is 15.1. The highest BCUT2D eigenvalue weighted by molar-refractivity contribution is 7.09. The molecule has 114 valence electrons. The number of nitrogens with zero attached hydrogens (tertiary/aromatic N) is 3. The van der Waals surface area contributed by atoms with E-state index in [1.54, 1.807) is 17.7 Å². The van der Waals surface area contributed by atoms with Gasteiger partial charge in [-0.3, -0.25) is 0 Å². The van der Waals surface area contributed by atoms with Crippen LogP contribution in [-0.4, -0.2) is 28.0 Å². The molecule has 2 aromatic rings. The molecule has 0 aliphatic rings. The molecule has 0 radical (unpaired) electrons. The molecular weight excluding hydrogens is 282 g/mol. The highest BCUT2D eigenvalue weighted by atomic mass is 32.1. The highest BCUT2D eigenvalue weighted by Gasteiger charge is 2.10. The second-order valence-corrected chi connectivity index (χ2v) is 5.93. The first-order valence-corrected chi connectivity index (χ1v) is 8.35. The minimum Gasteiger partial charge on any atom is -0.370 e. The van der Waals surface area contributed by atoms with Crippen LogP contribution in [0, 0.1) is 6.92 Å². The molecule has 0 bridgehead atoms. The summed E-state index contributed by atoms with van der Waals surface area (Å²) < 4.78 is 0. The molecule has 6 heteroatoms. The van der Waals surface area contributed by atoms with Gasteiger partial charge >= 0.3 is 0 Å². The van der Waals surface area contributed by atoms with E-state index in [-0.39, 0.29) is 0 Å². The van der Waals surface area contributed by atoms with Crippen LogP contribution in [0.5, 0.6) is 0 Å². The van der Waals surface area contributed by atoms with Crippen LogP contribution in [0.2, 0.25) is 0 Å². The Balaban J connectivity index is 2.02. The second-order valence-electron chi connectivity index (χ2n) is 4.86. The van der Waals surface area contributed by atoms with E-state index < -0.39 is 0 Å². The predicted octanol–water partition coefficient (Wildman–Crippen LogP) is 3.28. The van der Waals surface area contributed by atoms with Gasteiger partial charge in [-0.05, 0) is 20.3 Å². The van der Waals surface area contributed by atoms with E-state index in [0.717, 1.165) is 54.7 Å². The molecule has 0 atom stereocenters. The molecule has 0 unspecified atom stereocenters. The monoisotopic (exact) mass is 305 g/mol. The first-order valence-electron chi connectivity index (χ1n) is 7.47. The van der Waals surface area contributed by atoms with Crippen molar-refractivity contribution >= 4 is 23.0 Å². The van der Waals surface area contributed by atoms with Crippen molar-refractivity contribution in [3.05, 3.63) is 28.0 Å². The quantitative estimate of drug-likeness (QED) is 0.783. The summed E-state index contributed by atoms with van der Waals surface area (Å²) in [6.07, 6.45) is 4.58. The molecule has 21 heavy (non-hydrogen) atoms. The van der Waals surface area contributed by atoms with Crippen LogP contribution in [0.15, 0.2) is 11.7 Å². The van der Waals surface area contributed by atoms with E-state index in [2.05, 4.69) is 44.8 Å². The van der Waals surface area contributed by atoms with Gasteiger partial charge in [-0.1, -0.05) is 13.3 Å². The molecule has 0 fully saturated rings. The third kappa shape index (κ3) is 4.39. The molecule has 2 N–H and O–H groups in total. The molecule has 0 spiro atoms. The minimum absolute atomic E-state index is 0.836. The Morgan fingerprint density at radius 3 is 2.48 bits per heavy atom. The average Bonchev–Trinajstić information content (AvgIpc) is 2.88. The standard InChI is InChI=1S/C15H23N5S/c1-4-6-13-14(16-5-2)18-10-19-15(13)17-8-7-12-9-21-11(3)20-12/h9-10H,4-8H2,1-3H3,(H2,16,17,18,19). The predicted molar refractivity (Wildman–Crippen MR) is 89.2 cm³/mol. The van der Waals surface area contributed by atoms with Gasteiger partial charge in [0.15, 0.2) is 0 Å². The summed E-state index contributed by atoms with van der Waals surface area (Å²) in [5, 5.41) is 9.98. The number of rotatable bonds is 8. The number of nitrogens with one attached hydrogen (secondary N) is 2. The van der Waals surface area contributed by atoms with E-state index in [1.807, 2.05) is 6.92 Å². The van der Waals surface area contributed by atoms with Gasteiger partial charge in [-0.25, -0.2) is 15.0 Å². The Kier molecular flexibility index (Phi) is 5.92. The topological polar surface area (TPSA) is 62.7 Å². The molecule has 0 aromatic carbocycles. The number of thiazole rings is 1. The van der Waals surface area contributed by atoms with E-state index in [4.69, 9.17) is 0 Å². The van der Waals surface area contributed by atoms with Gasteiger partial charge < -0.3 is 10.6 Å². The van der Waals surface area contributed by atoms with E-state index in [0.29, 0.717) is 0 Å². The number of anilines is 2. The summed E-state index contributed by atoms with van der Waals surface area (Å²) in [7, 11) is 0. The van der Waals surface area contributed by atoms with Crippen molar-refractivity contribution in [1.82, 2.24) is 15.0 Å². The molecule has 0 saturated carbocycles. The minimum atomic E-state index is 0.836. The smallest absolute Gasteiger partial charge is 0.134 e. The van der Waals surface area contributed by atoms with Crippen molar-refractivity contribution in [1.29, 1.82) is 0 Å². The highest BCUT2D eigenvalue weighted by Crippen LogP contribution is 2.21. The Labute approximate surface area is 130 Å². The van der Waals surface area contributed by atoms with Crippen LogP contribution in [0.3, 0.4) is 0 Å². The maximum Gasteiger partial charge on any atom is 0.134 e. The van der Waals surface area contributed by atoms with Gasteiger partial charge in [-0.15, -0.1) is 11.3 Å². The van der Waals surface area contributed by atoms with Crippen LogP contribution in [0.1, 0.15) is 36.5 Å². The summed E-state index contributed by atoms with van der Waals surface area (Å²) in [6.45, 7) is 7.99. The van der Waals surface area contributed by atoms with Crippen LogP contribution in [0.4, 0.5) is 11.6 Å². The third-order valence-electron chi connectivity index (χ3n) is 3.13. The van der Waals surface area contributed by atoms with Crippen LogP contribution >= 0.6 is 11.3 Å². The van der Waals surface area contributed by atoms with Gasteiger partial charge in [0.05, 0.1) is 10.7 Å². The normalized spacial score (nSPS) is 10.6. The van der Waals surface area contributed by atoms with E-state index >= 15 is 0 Å². The SMILES string of the molecule is CCCc1c(NCC)ncnc1NCCc1csc(C)n1. The number of aryl methyl sites for hydroxylation is 1. The van der Waals surface area contributed by atoms with Gasteiger partial charge in [0.25, 0.3) is 0 Å². The summed E-state index contributed by atoms with van der Waals surface area (Å²) >= 11 is 1.70. The Bertz CT molecular complexity index is 567. The molecule has 0 aliphatic carbocycles. The fourth-order valence-corrected chi connectivity index (χ4v) is 2.85. The first kappa shape index (κ1) is 15.7. The summed E-state index contributed by atoms with van der Waals surface area (Å²) in [5.74, 6) is 1.89. The molecular formula is C15H23N5S. The average molecular weight is 305 g/mol. The van der Waals surface area contributed by atoms with Gasteiger partial charge in [-0.2, -0.15) is 0 Å². The lowest BCUT2D eigenvalue weighted by atomic mass is 10.1. The van der Waals surface area contributed by atoms with Crippen LogP contribution in [0.25, 0.3) is 0 Å². The third-order valence-corrected chi connectivity index (χ3v) is 3.95. The molecule has 0 amide bonds. The number of hydrogen-bond acceptors (Lipinski definition) is 6. The lowest BCUT2D eigenvalue weighted by Gasteiger charge is -2.14. The zero-order valence-corrected chi connectivity index (χ0v) is 13.8. The Morgan fingerprint density at radius 1 is 1.10 bits per heavy atom. The fraction of sp³-hybridized carbons (Fsp3) is 0.533. The lowest BCUT2D eigenvalue weighted by molar-refractivity contribution is 0.888. The Hall–Kier alpha value is -1.69. The maximum absolute atomic E-state index is 4.48. The first-order chi connectivity index (χ1) is 10.2. The van der Waals surface area contributed by atoms with E-state index in [1.165, 1.54) is 5.56 Å².